The Labute approximate surface area is 153 Å². The highest BCUT2D eigenvalue weighted by molar-refractivity contribution is 5.94. The monoisotopic (exact) mass is 358 g/mol. The molecule has 2 aromatic rings. The van der Waals surface area contributed by atoms with E-state index in [-0.39, 0.29) is 5.91 Å². The van der Waals surface area contributed by atoms with Crippen LogP contribution in [0, 0.1) is 13.8 Å². The van der Waals surface area contributed by atoms with Gasteiger partial charge in [0, 0.05) is 44.5 Å². The van der Waals surface area contributed by atoms with Gasteiger partial charge in [-0.2, -0.15) is 5.10 Å². The summed E-state index contributed by atoms with van der Waals surface area (Å²) < 4.78 is 1.80. The zero-order chi connectivity index (χ0) is 19.6. The van der Waals surface area contributed by atoms with Crippen molar-refractivity contribution in [2.75, 3.05) is 21.1 Å². The van der Waals surface area contributed by atoms with Crippen LogP contribution in [0.25, 0.3) is 0 Å². The third kappa shape index (κ3) is 3.94. The van der Waals surface area contributed by atoms with Gasteiger partial charge in [0.2, 0.25) is 0 Å². The lowest BCUT2D eigenvalue weighted by Crippen LogP contribution is -2.31. The van der Waals surface area contributed by atoms with E-state index in [1.165, 1.54) is 4.90 Å². The fourth-order valence-corrected chi connectivity index (χ4v) is 3.04. The van der Waals surface area contributed by atoms with Crippen LogP contribution >= 0.6 is 0 Å². The lowest BCUT2D eigenvalue weighted by molar-refractivity contribution is -0.143. The van der Waals surface area contributed by atoms with Gasteiger partial charge in [-0.15, -0.1) is 0 Å². The molecule has 0 aliphatic carbocycles. The quantitative estimate of drug-likeness (QED) is 0.854. The van der Waals surface area contributed by atoms with Gasteiger partial charge in [-0.25, -0.2) is 0 Å². The molecule has 26 heavy (non-hydrogen) atoms. The van der Waals surface area contributed by atoms with Gasteiger partial charge in [-0.05, 0) is 38.6 Å². The van der Waals surface area contributed by atoms with Gasteiger partial charge in [0.1, 0.15) is 6.04 Å². The number of hydrogen-bond donors (Lipinski definition) is 1. The first-order valence-corrected chi connectivity index (χ1v) is 8.37. The molecule has 140 valence electrons. The van der Waals surface area contributed by atoms with E-state index in [0.29, 0.717) is 17.7 Å². The van der Waals surface area contributed by atoms with Gasteiger partial charge in [0.15, 0.2) is 0 Å². The lowest BCUT2D eigenvalue weighted by atomic mass is 10.0. The minimum absolute atomic E-state index is 0.113. The zero-order valence-corrected chi connectivity index (χ0v) is 16.1. The number of carboxylic acid groups (broad SMARTS) is 1. The molecule has 0 bridgehead atoms. The van der Waals surface area contributed by atoms with Crippen LogP contribution in [0.1, 0.15) is 38.9 Å². The second-order valence-corrected chi connectivity index (χ2v) is 6.75. The van der Waals surface area contributed by atoms with E-state index in [0.717, 1.165) is 17.0 Å². The number of aromatic nitrogens is 2. The van der Waals surface area contributed by atoms with Crippen molar-refractivity contribution >= 4 is 11.9 Å². The Bertz CT molecular complexity index is 809. The number of carboxylic acids is 1. The van der Waals surface area contributed by atoms with Crippen molar-refractivity contribution < 1.29 is 14.7 Å². The van der Waals surface area contributed by atoms with Crippen molar-refractivity contribution in [1.82, 2.24) is 19.6 Å². The Morgan fingerprint density at radius 3 is 2.15 bits per heavy atom. The molecule has 0 saturated heterocycles. The van der Waals surface area contributed by atoms with Crippen LogP contribution < -0.4 is 0 Å². The highest BCUT2D eigenvalue weighted by Crippen LogP contribution is 2.24. The number of carbonyl (C=O) groups excluding carboxylic acids is 1. The Morgan fingerprint density at radius 1 is 1.15 bits per heavy atom. The summed E-state index contributed by atoms with van der Waals surface area (Å²) in [5.74, 6) is -1.04. The van der Waals surface area contributed by atoms with Crippen molar-refractivity contribution in [2.45, 2.75) is 26.4 Å². The highest BCUT2D eigenvalue weighted by Gasteiger charge is 2.26. The number of rotatable bonds is 6. The Kier molecular flexibility index (Phi) is 5.82. The zero-order valence-electron chi connectivity index (χ0n) is 16.1. The molecule has 0 saturated carbocycles. The van der Waals surface area contributed by atoms with Crippen LogP contribution in [0.5, 0.6) is 0 Å². The first kappa shape index (κ1) is 19.7. The summed E-state index contributed by atoms with van der Waals surface area (Å²) >= 11 is 0. The molecule has 1 heterocycles. The van der Waals surface area contributed by atoms with Gasteiger partial charge in [0.05, 0.1) is 5.69 Å². The summed E-state index contributed by atoms with van der Waals surface area (Å²) in [6, 6.07) is 5.94. The summed E-state index contributed by atoms with van der Waals surface area (Å²) in [5.41, 5.74) is 4.11. The predicted octanol–water partition coefficient (Wildman–Crippen LogP) is 2.00. The van der Waals surface area contributed by atoms with Gasteiger partial charge in [0.25, 0.3) is 5.91 Å². The standard InChI is InChI=1S/C19H26N4O3/c1-12-16(13(2)23(6)20-12)11-22(5)17(19(25)26)14-7-9-15(10-8-14)18(24)21(3)4/h7-10,17H,11H2,1-6H3,(H,25,26)/t17-/m1/s1. The lowest BCUT2D eigenvalue weighted by Gasteiger charge is -2.25. The molecule has 1 aromatic heterocycles. The Hall–Kier alpha value is -2.67. The second kappa shape index (κ2) is 7.70. The van der Waals surface area contributed by atoms with Crippen molar-refractivity contribution in [3.63, 3.8) is 0 Å². The number of likely N-dealkylation sites (N-methyl/N-ethyl adjacent to an activating group) is 1. The van der Waals surface area contributed by atoms with Crippen LogP contribution in [-0.2, 0) is 18.4 Å². The molecule has 1 N–H and O–H groups in total. The number of aryl methyl sites for hydroxylation is 2. The van der Waals surface area contributed by atoms with Gasteiger partial charge >= 0.3 is 5.97 Å². The number of hydrogen-bond acceptors (Lipinski definition) is 4. The molecule has 0 aliphatic rings. The first-order chi connectivity index (χ1) is 12.1. The number of amides is 1. The van der Waals surface area contributed by atoms with E-state index in [2.05, 4.69) is 5.10 Å². The Balaban J connectivity index is 2.28. The van der Waals surface area contributed by atoms with Crippen LogP contribution in [0.2, 0.25) is 0 Å². The molecule has 1 atom stereocenters. The molecule has 2 rings (SSSR count). The minimum Gasteiger partial charge on any atom is -0.480 e. The van der Waals surface area contributed by atoms with Crippen molar-refractivity contribution in [3.05, 3.63) is 52.3 Å². The summed E-state index contributed by atoms with van der Waals surface area (Å²) in [6.45, 7) is 4.37. The highest BCUT2D eigenvalue weighted by atomic mass is 16.4. The molecule has 0 unspecified atom stereocenters. The molecule has 7 heteroatoms. The fraction of sp³-hybridized carbons (Fsp3) is 0.421. The van der Waals surface area contributed by atoms with Crippen molar-refractivity contribution in [2.24, 2.45) is 7.05 Å². The molecule has 0 radical (unpaired) electrons. The maximum atomic E-state index is 12.0. The summed E-state index contributed by atoms with van der Waals surface area (Å²) in [4.78, 5) is 27.2. The normalized spacial score (nSPS) is 12.3. The fourth-order valence-electron chi connectivity index (χ4n) is 3.04. The number of nitrogens with zero attached hydrogens (tertiary/aromatic N) is 4. The SMILES string of the molecule is Cc1nn(C)c(C)c1CN(C)[C@@H](C(=O)O)c1ccc(C(=O)N(C)C)cc1. The van der Waals surface area contributed by atoms with Crippen LogP contribution in [0.3, 0.4) is 0 Å². The summed E-state index contributed by atoms with van der Waals surface area (Å²) in [6.07, 6.45) is 0. The van der Waals surface area contributed by atoms with Crippen LogP contribution in [0.15, 0.2) is 24.3 Å². The molecule has 7 nitrogen and oxygen atoms in total. The van der Waals surface area contributed by atoms with Gasteiger partial charge in [-0.1, -0.05) is 12.1 Å². The minimum atomic E-state index is -0.932. The number of aliphatic carboxylic acids is 1. The third-order valence-electron chi connectivity index (χ3n) is 4.62. The van der Waals surface area contributed by atoms with Crippen LogP contribution in [-0.4, -0.2) is 57.7 Å². The largest absolute Gasteiger partial charge is 0.480 e. The van der Waals surface area contributed by atoms with E-state index in [1.807, 2.05) is 20.9 Å². The Morgan fingerprint density at radius 2 is 1.73 bits per heavy atom. The third-order valence-corrected chi connectivity index (χ3v) is 4.62. The molecule has 0 fully saturated rings. The molecular formula is C19H26N4O3. The van der Waals surface area contributed by atoms with E-state index in [9.17, 15) is 14.7 Å². The van der Waals surface area contributed by atoms with Crippen LogP contribution in [0.4, 0.5) is 0 Å². The molecule has 0 aliphatic heterocycles. The summed E-state index contributed by atoms with van der Waals surface area (Å²) in [7, 11) is 7.02. The number of carbonyl (C=O) groups is 2. The smallest absolute Gasteiger partial charge is 0.325 e. The van der Waals surface area contributed by atoms with E-state index in [4.69, 9.17) is 0 Å². The topological polar surface area (TPSA) is 78.7 Å². The molecule has 0 spiro atoms. The molecule has 1 aromatic carbocycles. The number of benzene rings is 1. The second-order valence-electron chi connectivity index (χ2n) is 6.75. The predicted molar refractivity (Wildman–Crippen MR) is 99.0 cm³/mol. The van der Waals surface area contributed by atoms with Crippen molar-refractivity contribution in [1.29, 1.82) is 0 Å². The van der Waals surface area contributed by atoms with E-state index < -0.39 is 12.0 Å². The molecule has 1 amide bonds. The maximum absolute atomic E-state index is 12.0. The maximum Gasteiger partial charge on any atom is 0.325 e. The summed E-state index contributed by atoms with van der Waals surface area (Å²) in [5, 5.41) is 14.1. The molecular weight excluding hydrogens is 332 g/mol. The van der Waals surface area contributed by atoms with Crippen molar-refractivity contribution in [3.8, 4) is 0 Å². The van der Waals surface area contributed by atoms with E-state index >= 15 is 0 Å². The average molecular weight is 358 g/mol. The van der Waals surface area contributed by atoms with E-state index in [1.54, 1.807) is 55.0 Å². The first-order valence-electron chi connectivity index (χ1n) is 8.37. The average Bonchev–Trinajstić information content (AvgIpc) is 2.81. The van der Waals surface area contributed by atoms with Gasteiger partial charge < -0.3 is 10.0 Å². The van der Waals surface area contributed by atoms with Gasteiger partial charge in [-0.3, -0.25) is 19.2 Å².